The number of rotatable bonds is 8. The molecule has 0 atom stereocenters. The van der Waals surface area contributed by atoms with Gasteiger partial charge in [-0.1, -0.05) is 31.9 Å². The maximum absolute atomic E-state index is 5.79. The van der Waals surface area contributed by atoms with Crippen molar-refractivity contribution in [3.63, 3.8) is 0 Å². The normalized spacial score (nSPS) is 22.0. The van der Waals surface area contributed by atoms with Crippen molar-refractivity contribution in [2.75, 3.05) is 20.3 Å². The van der Waals surface area contributed by atoms with Crippen LogP contribution < -0.4 is 14.8 Å². The third-order valence-corrected chi connectivity index (χ3v) is 4.41. The van der Waals surface area contributed by atoms with Crippen LogP contribution in [0.2, 0.25) is 0 Å². The number of methoxy groups -OCH3 is 1. The molecule has 0 radical (unpaired) electrons. The van der Waals surface area contributed by atoms with Crippen molar-refractivity contribution in [2.24, 2.45) is 5.92 Å². The third kappa shape index (κ3) is 5.24. The molecule has 0 spiro atoms. The van der Waals surface area contributed by atoms with Crippen LogP contribution in [0.1, 0.15) is 45.4 Å². The Bertz CT molecular complexity index is 400. The molecule has 3 heteroatoms. The molecular weight excluding hydrogens is 262 g/mol. The number of nitrogens with one attached hydrogen (secondary N) is 1. The summed E-state index contributed by atoms with van der Waals surface area (Å²) in [4.78, 5) is 0. The van der Waals surface area contributed by atoms with Crippen molar-refractivity contribution in [1.29, 1.82) is 0 Å². The summed E-state index contributed by atoms with van der Waals surface area (Å²) >= 11 is 0. The first-order valence-corrected chi connectivity index (χ1v) is 8.32. The predicted molar refractivity (Wildman–Crippen MR) is 87.1 cm³/mol. The van der Waals surface area contributed by atoms with Crippen LogP contribution in [0.15, 0.2) is 24.3 Å². The van der Waals surface area contributed by atoms with Crippen LogP contribution in [0.25, 0.3) is 0 Å². The highest BCUT2D eigenvalue weighted by atomic mass is 16.5. The topological polar surface area (TPSA) is 30.5 Å². The van der Waals surface area contributed by atoms with Gasteiger partial charge in [0.25, 0.3) is 0 Å². The first kappa shape index (κ1) is 16.2. The van der Waals surface area contributed by atoms with Gasteiger partial charge in [0.1, 0.15) is 6.61 Å². The van der Waals surface area contributed by atoms with Gasteiger partial charge in [0.2, 0.25) is 0 Å². The van der Waals surface area contributed by atoms with E-state index in [1.165, 1.54) is 38.5 Å². The fourth-order valence-corrected chi connectivity index (χ4v) is 3.23. The molecule has 0 amide bonds. The Labute approximate surface area is 129 Å². The average molecular weight is 291 g/mol. The lowest BCUT2D eigenvalue weighted by Crippen LogP contribution is -2.35. The Hall–Kier alpha value is -1.22. The van der Waals surface area contributed by atoms with E-state index < -0.39 is 0 Å². The van der Waals surface area contributed by atoms with Gasteiger partial charge in [0, 0.05) is 12.6 Å². The summed E-state index contributed by atoms with van der Waals surface area (Å²) in [6.45, 7) is 3.88. The van der Waals surface area contributed by atoms with Crippen molar-refractivity contribution < 1.29 is 9.47 Å². The second-order valence-electron chi connectivity index (χ2n) is 5.96. The summed E-state index contributed by atoms with van der Waals surface area (Å²) in [5.41, 5.74) is 0. The molecule has 2 rings (SSSR count). The smallest absolute Gasteiger partial charge is 0.161 e. The molecule has 1 aromatic carbocycles. The molecule has 1 saturated carbocycles. The number of ether oxygens (including phenoxy) is 2. The van der Waals surface area contributed by atoms with Gasteiger partial charge in [-0.15, -0.1) is 0 Å². The van der Waals surface area contributed by atoms with Gasteiger partial charge in [-0.05, 0) is 43.7 Å². The molecule has 1 N–H and O–H groups in total. The minimum Gasteiger partial charge on any atom is -0.493 e. The molecule has 0 unspecified atom stereocenters. The maximum atomic E-state index is 5.79. The molecule has 1 aliphatic carbocycles. The number of hydrogen-bond donors (Lipinski definition) is 1. The van der Waals surface area contributed by atoms with Crippen LogP contribution in [0.4, 0.5) is 0 Å². The lowest BCUT2D eigenvalue weighted by molar-refractivity contribution is 0.251. The van der Waals surface area contributed by atoms with Gasteiger partial charge >= 0.3 is 0 Å². The second kappa shape index (κ2) is 8.93. The number of benzene rings is 1. The summed E-state index contributed by atoms with van der Waals surface area (Å²) in [5, 5.41) is 3.63. The largest absolute Gasteiger partial charge is 0.493 e. The van der Waals surface area contributed by atoms with E-state index in [2.05, 4.69) is 12.2 Å². The molecule has 0 aromatic heterocycles. The molecule has 118 valence electrons. The van der Waals surface area contributed by atoms with Crippen molar-refractivity contribution in [3.8, 4) is 11.5 Å². The summed E-state index contributed by atoms with van der Waals surface area (Å²) in [5.74, 6) is 2.60. The van der Waals surface area contributed by atoms with Crippen LogP contribution in [-0.4, -0.2) is 26.3 Å². The first-order valence-electron chi connectivity index (χ1n) is 8.32. The summed E-state index contributed by atoms with van der Waals surface area (Å²) in [7, 11) is 1.68. The van der Waals surface area contributed by atoms with Crippen LogP contribution in [0, 0.1) is 5.92 Å². The quantitative estimate of drug-likeness (QED) is 0.734. The van der Waals surface area contributed by atoms with Gasteiger partial charge in [-0.3, -0.25) is 0 Å². The minimum atomic E-state index is 0.680. The molecule has 3 nitrogen and oxygen atoms in total. The second-order valence-corrected chi connectivity index (χ2v) is 5.96. The van der Waals surface area contributed by atoms with E-state index in [1.54, 1.807) is 7.11 Å². The van der Waals surface area contributed by atoms with Crippen LogP contribution in [0.3, 0.4) is 0 Å². The fourth-order valence-electron chi connectivity index (χ4n) is 3.23. The molecule has 0 aliphatic heterocycles. The Morgan fingerprint density at radius 1 is 1.10 bits per heavy atom. The zero-order valence-electron chi connectivity index (χ0n) is 13.4. The standard InChI is InChI=1S/C18H29NO2/c1-3-6-15-9-11-16(12-10-15)19-13-14-21-18-8-5-4-7-17(18)20-2/h4-5,7-8,15-16,19H,3,6,9-14H2,1-2H3. The monoisotopic (exact) mass is 291 g/mol. The van der Waals surface area contributed by atoms with Gasteiger partial charge in [0.05, 0.1) is 7.11 Å². The predicted octanol–water partition coefficient (Wildman–Crippen LogP) is 4.02. The van der Waals surface area contributed by atoms with Crippen LogP contribution >= 0.6 is 0 Å². The van der Waals surface area contributed by atoms with E-state index in [4.69, 9.17) is 9.47 Å². The van der Waals surface area contributed by atoms with Crippen LogP contribution in [0.5, 0.6) is 11.5 Å². The molecular formula is C18H29NO2. The first-order chi connectivity index (χ1) is 10.3. The zero-order valence-corrected chi connectivity index (χ0v) is 13.4. The maximum Gasteiger partial charge on any atom is 0.161 e. The Balaban J connectivity index is 1.62. The third-order valence-electron chi connectivity index (χ3n) is 4.41. The minimum absolute atomic E-state index is 0.680. The van der Waals surface area contributed by atoms with Crippen molar-refractivity contribution in [3.05, 3.63) is 24.3 Å². The molecule has 1 aromatic rings. The van der Waals surface area contributed by atoms with E-state index >= 15 is 0 Å². The lowest BCUT2D eigenvalue weighted by atomic mass is 9.83. The SMILES string of the molecule is CCCC1CCC(NCCOc2ccccc2OC)CC1. The van der Waals surface area contributed by atoms with E-state index in [0.29, 0.717) is 12.6 Å². The van der Waals surface area contributed by atoms with Gasteiger partial charge < -0.3 is 14.8 Å². The van der Waals surface area contributed by atoms with E-state index in [1.807, 2.05) is 24.3 Å². The summed E-state index contributed by atoms with van der Waals surface area (Å²) in [6.07, 6.45) is 8.15. The molecule has 21 heavy (non-hydrogen) atoms. The number of hydrogen-bond acceptors (Lipinski definition) is 3. The highest BCUT2D eigenvalue weighted by molar-refractivity contribution is 5.39. The Morgan fingerprint density at radius 3 is 2.48 bits per heavy atom. The van der Waals surface area contributed by atoms with Crippen molar-refractivity contribution >= 4 is 0 Å². The zero-order chi connectivity index (χ0) is 14.9. The average Bonchev–Trinajstić information content (AvgIpc) is 2.54. The summed E-state index contributed by atoms with van der Waals surface area (Å²) < 4.78 is 11.1. The van der Waals surface area contributed by atoms with Gasteiger partial charge in [-0.25, -0.2) is 0 Å². The molecule has 0 saturated heterocycles. The Kier molecular flexibility index (Phi) is 6.87. The lowest BCUT2D eigenvalue weighted by Gasteiger charge is -2.29. The van der Waals surface area contributed by atoms with Crippen molar-refractivity contribution in [1.82, 2.24) is 5.32 Å². The molecule has 1 fully saturated rings. The molecule has 1 aliphatic rings. The van der Waals surface area contributed by atoms with E-state index in [9.17, 15) is 0 Å². The van der Waals surface area contributed by atoms with E-state index in [0.717, 1.165) is 24.0 Å². The molecule has 0 heterocycles. The highest BCUT2D eigenvalue weighted by Gasteiger charge is 2.19. The van der Waals surface area contributed by atoms with E-state index in [-0.39, 0.29) is 0 Å². The fraction of sp³-hybridized carbons (Fsp3) is 0.667. The highest BCUT2D eigenvalue weighted by Crippen LogP contribution is 2.28. The van der Waals surface area contributed by atoms with Crippen LogP contribution in [-0.2, 0) is 0 Å². The van der Waals surface area contributed by atoms with Gasteiger partial charge in [0.15, 0.2) is 11.5 Å². The number of para-hydroxylation sites is 2. The van der Waals surface area contributed by atoms with Gasteiger partial charge in [-0.2, -0.15) is 0 Å². The Morgan fingerprint density at radius 2 is 1.81 bits per heavy atom. The van der Waals surface area contributed by atoms with Crippen molar-refractivity contribution in [2.45, 2.75) is 51.5 Å². The summed E-state index contributed by atoms with van der Waals surface area (Å²) in [6, 6.07) is 8.49. The molecule has 0 bridgehead atoms.